The number of hydrogen-bond donors (Lipinski definition) is 2. The molecule has 6 heteroatoms. The Morgan fingerprint density at radius 3 is 2.27 bits per heavy atom. The Bertz CT molecular complexity index is 519. The van der Waals surface area contributed by atoms with Crippen molar-refractivity contribution in [1.82, 2.24) is 0 Å². The Hall–Kier alpha value is -1.40. The van der Waals surface area contributed by atoms with Gasteiger partial charge in [-0.05, 0) is 37.1 Å². The topological polar surface area (TPSA) is 97.5 Å². The Kier molecular flexibility index (Phi) is 2.83. The summed E-state index contributed by atoms with van der Waals surface area (Å²) in [5.74, 6) is -1.18. The van der Waals surface area contributed by atoms with Gasteiger partial charge >= 0.3 is 5.97 Å². The van der Waals surface area contributed by atoms with E-state index in [1.54, 1.807) is 13.8 Å². The van der Waals surface area contributed by atoms with Crippen LogP contribution in [0.4, 0.5) is 0 Å². The van der Waals surface area contributed by atoms with Crippen molar-refractivity contribution in [3.05, 3.63) is 28.8 Å². The standard InChI is InChI=1S/C9H11NO4S/c1-5-3-7(9(11)12)4-8(6(5)2)15(10,13)14/h3-4H,1-2H3,(H,11,12)(H2,10,13,14). The quantitative estimate of drug-likeness (QED) is 0.777. The molecule has 0 aliphatic carbocycles. The SMILES string of the molecule is Cc1cc(C(=O)O)cc(S(N)(=O)=O)c1C. The van der Waals surface area contributed by atoms with Crippen LogP contribution in [-0.2, 0) is 10.0 Å². The van der Waals surface area contributed by atoms with Crippen LogP contribution in [0.5, 0.6) is 0 Å². The summed E-state index contributed by atoms with van der Waals surface area (Å²) in [7, 11) is -3.88. The molecular formula is C9H11NO4S. The zero-order chi connectivity index (χ0) is 11.8. The number of carboxylic acids is 1. The minimum absolute atomic E-state index is 0.0814. The fraction of sp³-hybridized carbons (Fsp3) is 0.222. The molecule has 0 amide bonds. The highest BCUT2D eigenvalue weighted by Gasteiger charge is 2.16. The maximum atomic E-state index is 11.2. The van der Waals surface area contributed by atoms with Gasteiger partial charge in [0.05, 0.1) is 10.5 Å². The summed E-state index contributed by atoms with van der Waals surface area (Å²) in [5, 5.41) is 13.7. The van der Waals surface area contributed by atoms with Crippen molar-refractivity contribution >= 4 is 16.0 Å². The van der Waals surface area contributed by atoms with Crippen LogP contribution in [0.1, 0.15) is 21.5 Å². The lowest BCUT2D eigenvalue weighted by atomic mass is 10.1. The number of nitrogens with two attached hydrogens (primary N) is 1. The van der Waals surface area contributed by atoms with Crippen molar-refractivity contribution < 1.29 is 18.3 Å². The van der Waals surface area contributed by atoms with Gasteiger partial charge in [0.25, 0.3) is 0 Å². The first-order valence-corrected chi connectivity index (χ1v) is 5.65. The monoisotopic (exact) mass is 229 g/mol. The Morgan fingerprint density at radius 2 is 1.87 bits per heavy atom. The molecule has 0 radical (unpaired) electrons. The summed E-state index contributed by atoms with van der Waals surface area (Å²) >= 11 is 0. The van der Waals surface area contributed by atoms with Gasteiger partial charge in [-0.3, -0.25) is 0 Å². The van der Waals surface area contributed by atoms with Gasteiger partial charge in [0.1, 0.15) is 0 Å². The van der Waals surface area contributed by atoms with Crippen molar-refractivity contribution in [1.29, 1.82) is 0 Å². The third-order valence-corrected chi connectivity index (χ3v) is 3.21. The zero-order valence-electron chi connectivity index (χ0n) is 8.31. The van der Waals surface area contributed by atoms with E-state index in [4.69, 9.17) is 10.2 Å². The summed E-state index contributed by atoms with van der Waals surface area (Å²) in [6.45, 7) is 3.22. The van der Waals surface area contributed by atoms with E-state index in [1.807, 2.05) is 0 Å². The first-order chi connectivity index (χ1) is 6.73. The second-order valence-corrected chi connectivity index (χ2v) is 4.80. The van der Waals surface area contributed by atoms with Crippen molar-refractivity contribution in [2.24, 2.45) is 5.14 Å². The highest BCUT2D eigenvalue weighted by Crippen LogP contribution is 2.19. The molecule has 0 fully saturated rings. The molecule has 3 N–H and O–H groups in total. The number of sulfonamides is 1. The number of hydrogen-bond acceptors (Lipinski definition) is 3. The Labute approximate surface area is 87.6 Å². The lowest BCUT2D eigenvalue weighted by Gasteiger charge is -2.08. The van der Waals surface area contributed by atoms with E-state index in [0.717, 1.165) is 6.07 Å². The van der Waals surface area contributed by atoms with Crippen LogP contribution in [0.15, 0.2) is 17.0 Å². The second kappa shape index (κ2) is 3.63. The molecule has 0 bridgehead atoms. The summed E-state index contributed by atoms with van der Waals surface area (Å²) < 4.78 is 22.3. The molecule has 0 aliphatic rings. The van der Waals surface area contributed by atoms with Crippen LogP contribution in [0.2, 0.25) is 0 Å². The van der Waals surface area contributed by atoms with E-state index in [9.17, 15) is 13.2 Å². The molecule has 5 nitrogen and oxygen atoms in total. The van der Waals surface area contributed by atoms with Crippen LogP contribution in [0.3, 0.4) is 0 Å². The number of aromatic carboxylic acids is 1. The van der Waals surface area contributed by atoms with Crippen LogP contribution in [-0.4, -0.2) is 19.5 Å². The van der Waals surface area contributed by atoms with Crippen LogP contribution >= 0.6 is 0 Å². The molecule has 0 atom stereocenters. The number of rotatable bonds is 2. The molecule has 1 aromatic rings. The number of aryl methyl sites for hydroxylation is 1. The summed E-state index contributed by atoms with van der Waals surface area (Å²) in [5.41, 5.74) is 0.976. The molecule has 0 unspecified atom stereocenters. The molecule has 1 aromatic carbocycles. The lowest BCUT2D eigenvalue weighted by Crippen LogP contribution is -2.15. The smallest absolute Gasteiger partial charge is 0.335 e. The molecule has 82 valence electrons. The minimum Gasteiger partial charge on any atom is -0.478 e. The number of carboxylic acid groups (broad SMARTS) is 1. The molecule has 0 heterocycles. The van der Waals surface area contributed by atoms with Crippen molar-refractivity contribution in [3.8, 4) is 0 Å². The maximum Gasteiger partial charge on any atom is 0.335 e. The predicted molar refractivity (Wildman–Crippen MR) is 54.2 cm³/mol. The Balaban J connectivity index is 3.59. The molecule has 0 spiro atoms. The molecule has 15 heavy (non-hydrogen) atoms. The summed E-state index contributed by atoms with van der Waals surface area (Å²) in [6, 6.07) is 2.48. The molecule has 0 saturated heterocycles. The number of carbonyl (C=O) groups is 1. The first kappa shape index (κ1) is 11.7. The molecule has 0 aromatic heterocycles. The van der Waals surface area contributed by atoms with Gasteiger partial charge < -0.3 is 5.11 Å². The summed E-state index contributed by atoms with van der Waals surface area (Å²) in [6.07, 6.45) is 0. The van der Waals surface area contributed by atoms with Crippen molar-refractivity contribution in [3.63, 3.8) is 0 Å². The van der Waals surface area contributed by atoms with Gasteiger partial charge in [-0.2, -0.15) is 0 Å². The lowest BCUT2D eigenvalue weighted by molar-refractivity contribution is 0.0696. The second-order valence-electron chi connectivity index (χ2n) is 3.27. The van der Waals surface area contributed by atoms with Gasteiger partial charge in [-0.15, -0.1) is 0 Å². The van der Waals surface area contributed by atoms with E-state index >= 15 is 0 Å². The van der Waals surface area contributed by atoms with E-state index < -0.39 is 16.0 Å². The molecule has 0 saturated carbocycles. The third kappa shape index (κ3) is 2.34. The fourth-order valence-corrected chi connectivity index (χ4v) is 2.12. The number of benzene rings is 1. The zero-order valence-corrected chi connectivity index (χ0v) is 9.13. The van der Waals surface area contributed by atoms with Gasteiger partial charge in [0.2, 0.25) is 10.0 Å². The normalized spacial score (nSPS) is 11.4. The summed E-state index contributed by atoms with van der Waals surface area (Å²) in [4.78, 5) is 10.6. The van der Waals surface area contributed by atoms with Crippen molar-refractivity contribution in [2.45, 2.75) is 18.7 Å². The maximum absolute atomic E-state index is 11.2. The van der Waals surface area contributed by atoms with E-state index in [0.29, 0.717) is 11.1 Å². The minimum atomic E-state index is -3.88. The molecule has 1 rings (SSSR count). The largest absolute Gasteiger partial charge is 0.478 e. The van der Waals surface area contributed by atoms with Crippen molar-refractivity contribution in [2.75, 3.05) is 0 Å². The van der Waals surface area contributed by atoms with Gasteiger partial charge in [0.15, 0.2) is 0 Å². The average Bonchev–Trinajstić information content (AvgIpc) is 2.06. The fourth-order valence-electron chi connectivity index (χ4n) is 1.25. The van der Waals surface area contributed by atoms with Crippen LogP contribution in [0, 0.1) is 13.8 Å². The van der Waals surface area contributed by atoms with Crippen LogP contribution in [0.25, 0.3) is 0 Å². The predicted octanol–water partition coefficient (Wildman–Crippen LogP) is 0.649. The first-order valence-electron chi connectivity index (χ1n) is 4.11. The van der Waals surface area contributed by atoms with E-state index in [-0.39, 0.29) is 10.5 Å². The van der Waals surface area contributed by atoms with Gasteiger partial charge in [0, 0.05) is 0 Å². The molecular weight excluding hydrogens is 218 g/mol. The van der Waals surface area contributed by atoms with Gasteiger partial charge in [-0.25, -0.2) is 18.4 Å². The highest BCUT2D eigenvalue weighted by molar-refractivity contribution is 7.89. The Morgan fingerprint density at radius 1 is 1.33 bits per heavy atom. The third-order valence-electron chi connectivity index (χ3n) is 2.17. The number of primary sulfonamides is 1. The van der Waals surface area contributed by atoms with E-state index in [2.05, 4.69) is 0 Å². The average molecular weight is 229 g/mol. The molecule has 0 aliphatic heterocycles. The highest BCUT2D eigenvalue weighted by atomic mass is 32.2. The van der Waals surface area contributed by atoms with Gasteiger partial charge in [-0.1, -0.05) is 0 Å². The van der Waals surface area contributed by atoms with E-state index in [1.165, 1.54) is 6.07 Å². The van der Waals surface area contributed by atoms with Crippen LogP contribution < -0.4 is 5.14 Å².